The maximum atomic E-state index is 13.1. The lowest BCUT2D eigenvalue weighted by Gasteiger charge is -2.21. The first-order valence-corrected chi connectivity index (χ1v) is 45.5. The highest BCUT2D eigenvalue weighted by Crippen LogP contribution is 2.45. The maximum Gasteiger partial charge on any atom is 0.472 e. The van der Waals surface area contributed by atoms with Crippen LogP contribution in [0.4, 0.5) is 0 Å². The van der Waals surface area contributed by atoms with Crippen molar-refractivity contribution in [1.29, 1.82) is 0 Å². The lowest BCUT2D eigenvalue weighted by atomic mass is 9.99. The molecule has 0 rings (SSSR count). The Morgan fingerprint density at radius 2 is 0.505 bits per heavy atom. The molecule has 3 N–H and O–H groups in total. The van der Waals surface area contributed by atoms with Crippen LogP contribution in [0, 0.1) is 11.8 Å². The van der Waals surface area contributed by atoms with Crippen LogP contribution in [0.15, 0.2) is 0 Å². The number of phosphoric acid groups is 2. The summed E-state index contributed by atoms with van der Waals surface area (Å²) in [6.07, 6.45) is 63.8. The van der Waals surface area contributed by atoms with Crippen molar-refractivity contribution in [3.05, 3.63) is 0 Å². The molecule has 0 saturated carbocycles. The second kappa shape index (κ2) is 73.6. The van der Waals surface area contributed by atoms with Crippen LogP contribution in [0.1, 0.15) is 433 Å². The summed E-state index contributed by atoms with van der Waals surface area (Å²) in [6, 6.07) is 0. The molecule has 17 nitrogen and oxygen atoms in total. The van der Waals surface area contributed by atoms with Gasteiger partial charge >= 0.3 is 39.5 Å². The van der Waals surface area contributed by atoms with Gasteiger partial charge in [-0.2, -0.15) is 0 Å². The van der Waals surface area contributed by atoms with Crippen LogP contribution in [0.25, 0.3) is 0 Å². The number of unbranched alkanes of at least 4 members (excludes halogenated alkanes) is 50. The minimum atomic E-state index is -4.96. The van der Waals surface area contributed by atoms with Gasteiger partial charge in [-0.25, -0.2) is 9.13 Å². The Bertz CT molecular complexity index is 1940. The Kier molecular flexibility index (Phi) is 72.2. The zero-order valence-corrected chi connectivity index (χ0v) is 68.0. The van der Waals surface area contributed by atoms with E-state index in [0.29, 0.717) is 25.7 Å². The Hall–Kier alpha value is -1.94. The molecule has 0 aromatic rings. The predicted octanol–water partition coefficient (Wildman–Crippen LogP) is 24.7. The Morgan fingerprint density at radius 3 is 0.752 bits per heavy atom. The molecule has 0 aliphatic heterocycles. The van der Waals surface area contributed by atoms with E-state index in [1.807, 2.05) is 0 Å². The van der Waals surface area contributed by atoms with E-state index in [4.69, 9.17) is 37.0 Å². The number of phosphoric ester groups is 2. The molecule has 0 aromatic heterocycles. The predicted molar refractivity (Wildman–Crippen MR) is 414 cm³/mol. The first kappa shape index (κ1) is 99.1. The van der Waals surface area contributed by atoms with Crippen LogP contribution in [0.3, 0.4) is 0 Å². The van der Waals surface area contributed by atoms with Gasteiger partial charge in [-0.3, -0.25) is 37.3 Å². The van der Waals surface area contributed by atoms with Crippen molar-refractivity contribution in [2.45, 2.75) is 452 Å². The molecule has 0 aliphatic rings. The number of carbonyl (C=O) groups excluding carboxylic acids is 4. The SMILES string of the molecule is CCCCCCCCCCCCCCCCCCCCCC(=O)O[C@H](COC(=O)CCCCCCCCCCCCCCCCCCC)COP(=O)(O)OC[C@@H](O)COP(=O)(O)OC[C@@H](COC(=O)CCCCCCCCCCC(C)C)OC(=O)CCCCCCCCCCCCC(C)CC. The summed E-state index contributed by atoms with van der Waals surface area (Å²) >= 11 is 0. The topological polar surface area (TPSA) is 237 Å². The van der Waals surface area contributed by atoms with Crippen molar-refractivity contribution < 1.29 is 80.2 Å². The quantitative estimate of drug-likeness (QED) is 0.0222. The van der Waals surface area contributed by atoms with Gasteiger partial charge in [-0.15, -0.1) is 0 Å². The highest BCUT2D eigenvalue weighted by Gasteiger charge is 2.30. The van der Waals surface area contributed by atoms with Gasteiger partial charge in [-0.05, 0) is 37.5 Å². The van der Waals surface area contributed by atoms with E-state index >= 15 is 0 Å². The summed E-state index contributed by atoms with van der Waals surface area (Å²) in [7, 11) is -9.92. The van der Waals surface area contributed by atoms with Crippen LogP contribution in [0.2, 0.25) is 0 Å². The van der Waals surface area contributed by atoms with Gasteiger partial charge in [0.1, 0.15) is 19.3 Å². The van der Waals surface area contributed by atoms with E-state index in [1.54, 1.807) is 0 Å². The van der Waals surface area contributed by atoms with Gasteiger partial charge in [-0.1, -0.05) is 382 Å². The van der Waals surface area contributed by atoms with Crippen molar-refractivity contribution >= 4 is 39.5 Å². The molecule has 0 aliphatic carbocycles. The third-order valence-corrected chi connectivity index (χ3v) is 21.5. The average Bonchev–Trinajstić information content (AvgIpc) is 0.949. The minimum Gasteiger partial charge on any atom is -0.462 e. The summed E-state index contributed by atoms with van der Waals surface area (Å²) in [5.41, 5.74) is 0. The van der Waals surface area contributed by atoms with Crippen molar-refractivity contribution in [3.63, 3.8) is 0 Å². The van der Waals surface area contributed by atoms with Crippen LogP contribution in [-0.2, 0) is 65.4 Å². The number of esters is 4. The Labute approximate surface area is 619 Å². The van der Waals surface area contributed by atoms with Crippen LogP contribution < -0.4 is 0 Å². The number of aliphatic hydroxyl groups excluding tert-OH is 1. The van der Waals surface area contributed by atoms with Crippen molar-refractivity contribution in [1.82, 2.24) is 0 Å². The number of hydrogen-bond donors (Lipinski definition) is 3. The maximum absolute atomic E-state index is 13.1. The molecule has 0 radical (unpaired) electrons. The van der Waals surface area contributed by atoms with Crippen molar-refractivity contribution in [2.75, 3.05) is 39.6 Å². The molecule has 6 atom stereocenters. The zero-order valence-electron chi connectivity index (χ0n) is 66.2. The summed E-state index contributed by atoms with van der Waals surface area (Å²) in [5.74, 6) is -0.578. The standard InChI is InChI=1S/C82H160O17P2/c1-7-10-12-14-16-18-20-22-24-26-27-29-31-33-35-40-48-54-60-66-81(86)98-77(70-92-79(84)64-58-52-46-39-34-32-30-28-25-23-21-19-17-15-13-11-8-2)72-96-100(88,89)94-68-76(83)69-95-101(90,91)97-73-78(71-93-80(85)65-59-53-47-43-42-44-50-56-62-74(4)5)99-82(87)67-61-55-49-41-37-36-38-45-51-57-63-75(6)9-3/h74-78,83H,7-73H2,1-6H3,(H,88,89)(H,90,91)/t75?,76-,77-,78-/m1/s1. The van der Waals surface area contributed by atoms with E-state index in [1.165, 1.54) is 250 Å². The van der Waals surface area contributed by atoms with Crippen molar-refractivity contribution in [2.24, 2.45) is 11.8 Å². The lowest BCUT2D eigenvalue weighted by molar-refractivity contribution is -0.161. The third kappa shape index (κ3) is 74.7. The Morgan fingerprint density at radius 1 is 0.287 bits per heavy atom. The number of aliphatic hydroxyl groups is 1. The number of carbonyl (C=O) groups is 4. The summed E-state index contributed by atoms with van der Waals surface area (Å²) in [5, 5.41) is 10.7. The van der Waals surface area contributed by atoms with Crippen LogP contribution in [0.5, 0.6) is 0 Å². The zero-order chi connectivity index (χ0) is 74.2. The minimum absolute atomic E-state index is 0.106. The molecule has 3 unspecified atom stereocenters. The molecular weight excluding hydrogens is 1320 g/mol. The number of rotatable bonds is 81. The van der Waals surface area contributed by atoms with Crippen LogP contribution in [-0.4, -0.2) is 96.7 Å². The van der Waals surface area contributed by atoms with E-state index in [2.05, 4.69) is 41.5 Å². The summed E-state index contributed by atoms with van der Waals surface area (Å²) < 4.78 is 68.8. The largest absolute Gasteiger partial charge is 0.472 e. The molecule has 600 valence electrons. The molecule has 0 heterocycles. The molecule has 19 heteroatoms. The van der Waals surface area contributed by atoms with E-state index in [9.17, 15) is 43.2 Å². The fourth-order valence-electron chi connectivity index (χ4n) is 12.7. The first-order chi connectivity index (χ1) is 48.9. The highest BCUT2D eigenvalue weighted by atomic mass is 31.2. The van der Waals surface area contributed by atoms with Gasteiger partial charge in [0, 0.05) is 25.7 Å². The molecule has 0 amide bonds. The monoisotopic (exact) mass is 1480 g/mol. The van der Waals surface area contributed by atoms with E-state index in [0.717, 1.165) is 102 Å². The van der Waals surface area contributed by atoms with Crippen molar-refractivity contribution in [3.8, 4) is 0 Å². The van der Waals surface area contributed by atoms with Gasteiger partial charge in [0.15, 0.2) is 12.2 Å². The smallest absolute Gasteiger partial charge is 0.462 e. The summed E-state index contributed by atoms with van der Waals surface area (Å²) in [4.78, 5) is 73.1. The number of ether oxygens (including phenoxy) is 4. The molecule has 0 aromatic carbocycles. The van der Waals surface area contributed by atoms with Gasteiger partial charge in [0.25, 0.3) is 0 Å². The average molecular weight is 1480 g/mol. The van der Waals surface area contributed by atoms with Gasteiger partial charge < -0.3 is 33.8 Å². The van der Waals surface area contributed by atoms with Gasteiger partial charge in [0.05, 0.1) is 26.4 Å². The molecule has 101 heavy (non-hydrogen) atoms. The fraction of sp³-hybridized carbons (Fsp3) is 0.951. The molecule has 0 spiro atoms. The van der Waals surface area contributed by atoms with Crippen LogP contribution >= 0.6 is 15.6 Å². The summed E-state index contributed by atoms with van der Waals surface area (Å²) in [6.45, 7) is 9.63. The first-order valence-electron chi connectivity index (χ1n) is 42.5. The van der Waals surface area contributed by atoms with Gasteiger partial charge in [0.2, 0.25) is 0 Å². The molecular formula is C82H160O17P2. The van der Waals surface area contributed by atoms with E-state index in [-0.39, 0.29) is 25.7 Å². The fourth-order valence-corrected chi connectivity index (χ4v) is 14.3. The number of hydrogen-bond acceptors (Lipinski definition) is 15. The molecule has 0 bridgehead atoms. The highest BCUT2D eigenvalue weighted by molar-refractivity contribution is 7.47. The molecule has 0 saturated heterocycles. The molecule has 0 fully saturated rings. The normalized spacial score (nSPS) is 14.2. The lowest BCUT2D eigenvalue weighted by Crippen LogP contribution is -2.30. The second-order valence-corrected chi connectivity index (χ2v) is 33.1. The second-order valence-electron chi connectivity index (χ2n) is 30.2. The third-order valence-electron chi connectivity index (χ3n) is 19.6. The Balaban J connectivity index is 5.25. The van der Waals surface area contributed by atoms with E-state index < -0.39 is 97.5 Å².